The first-order valence-corrected chi connectivity index (χ1v) is 9.74. The van der Waals surface area contributed by atoms with Crippen LogP contribution in [0, 0.1) is 0 Å². The van der Waals surface area contributed by atoms with E-state index in [1.54, 1.807) is 32.4 Å². The van der Waals surface area contributed by atoms with Crippen molar-refractivity contribution in [1.29, 1.82) is 0 Å². The molecule has 1 saturated heterocycles. The summed E-state index contributed by atoms with van der Waals surface area (Å²) in [7, 11) is 5.22. The van der Waals surface area contributed by atoms with Crippen LogP contribution in [0.3, 0.4) is 0 Å². The molecule has 1 aliphatic rings. The van der Waals surface area contributed by atoms with Gasteiger partial charge < -0.3 is 18.9 Å². The number of imidazole rings is 1. The Bertz CT molecular complexity index is 1020. The van der Waals surface area contributed by atoms with Gasteiger partial charge in [0.1, 0.15) is 5.82 Å². The quantitative estimate of drug-likeness (QED) is 0.666. The number of nitrogens with zero attached hydrogens (tertiary/aromatic N) is 4. The molecule has 1 aliphatic heterocycles. The molecule has 152 valence electrons. The molecular formula is C22H26N4O3. The van der Waals surface area contributed by atoms with Gasteiger partial charge >= 0.3 is 0 Å². The maximum atomic E-state index is 12.9. The number of hydrogen-bond donors (Lipinski definition) is 0. The summed E-state index contributed by atoms with van der Waals surface area (Å²) in [5.74, 6) is 2.26. The Morgan fingerprint density at radius 2 is 1.72 bits per heavy atom. The van der Waals surface area contributed by atoms with Crippen LogP contribution in [0.15, 0.2) is 42.5 Å². The van der Waals surface area contributed by atoms with Gasteiger partial charge in [-0.3, -0.25) is 9.69 Å². The van der Waals surface area contributed by atoms with Crippen LogP contribution in [0.5, 0.6) is 11.5 Å². The maximum Gasteiger partial charge on any atom is 0.254 e. The van der Waals surface area contributed by atoms with E-state index >= 15 is 0 Å². The lowest BCUT2D eigenvalue weighted by atomic mass is 10.1. The van der Waals surface area contributed by atoms with Crippen LogP contribution in [-0.4, -0.2) is 65.7 Å². The minimum atomic E-state index is 0.0216. The number of hydrogen-bond acceptors (Lipinski definition) is 5. The number of piperazine rings is 1. The molecule has 0 N–H and O–H groups in total. The third-order valence-corrected chi connectivity index (χ3v) is 5.53. The Hall–Kier alpha value is -3.06. The topological polar surface area (TPSA) is 59.8 Å². The lowest BCUT2D eigenvalue weighted by Gasteiger charge is -2.34. The van der Waals surface area contributed by atoms with Crippen molar-refractivity contribution in [1.82, 2.24) is 19.4 Å². The molecule has 0 unspecified atom stereocenters. The number of carbonyl (C=O) groups excluding carboxylic acids is 1. The Labute approximate surface area is 170 Å². The van der Waals surface area contributed by atoms with Crippen molar-refractivity contribution in [3.8, 4) is 11.5 Å². The summed E-state index contributed by atoms with van der Waals surface area (Å²) in [6.45, 7) is 3.81. The second-order valence-electron chi connectivity index (χ2n) is 7.21. The van der Waals surface area contributed by atoms with Gasteiger partial charge in [0.15, 0.2) is 11.5 Å². The number of aryl methyl sites for hydroxylation is 1. The molecule has 3 aromatic rings. The summed E-state index contributed by atoms with van der Waals surface area (Å²) >= 11 is 0. The molecule has 0 saturated carbocycles. The Morgan fingerprint density at radius 1 is 1.00 bits per heavy atom. The zero-order valence-corrected chi connectivity index (χ0v) is 17.1. The van der Waals surface area contributed by atoms with Crippen molar-refractivity contribution in [2.45, 2.75) is 6.54 Å². The highest BCUT2D eigenvalue weighted by Crippen LogP contribution is 2.28. The third-order valence-electron chi connectivity index (χ3n) is 5.53. The van der Waals surface area contributed by atoms with Gasteiger partial charge in [-0.05, 0) is 30.3 Å². The van der Waals surface area contributed by atoms with Crippen LogP contribution in [-0.2, 0) is 13.6 Å². The van der Waals surface area contributed by atoms with E-state index in [1.807, 2.05) is 23.1 Å². The Balaban J connectivity index is 1.40. The highest BCUT2D eigenvalue weighted by atomic mass is 16.5. The summed E-state index contributed by atoms with van der Waals surface area (Å²) in [4.78, 5) is 21.9. The van der Waals surface area contributed by atoms with Gasteiger partial charge in [-0.15, -0.1) is 0 Å². The standard InChI is InChI=1S/C22H26N4O3/c1-24-18-7-5-4-6-17(18)23-21(24)15-25-10-12-26(13-11-25)22(27)16-8-9-19(28-2)20(14-16)29-3/h4-9,14H,10-13,15H2,1-3H3. The zero-order chi connectivity index (χ0) is 20.4. The molecule has 7 heteroatoms. The van der Waals surface area contributed by atoms with Gasteiger partial charge in [-0.25, -0.2) is 4.98 Å². The summed E-state index contributed by atoms with van der Waals surface area (Å²) in [5, 5.41) is 0. The largest absolute Gasteiger partial charge is 0.493 e. The summed E-state index contributed by atoms with van der Waals surface area (Å²) in [6.07, 6.45) is 0. The molecule has 2 heterocycles. The number of ether oxygens (including phenoxy) is 2. The number of methoxy groups -OCH3 is 2. The van der Waals surface area contributed by atoms with Crippen LogP contribution >= 0.6 is 0 Å². The van der Waals surface area contributed by atoms with E-state index in [1.165, 1.54) is 0 Å². The lowest BCUT2D eigenvalue weighted by molar-refractivity contribution is 0.0624. The smallest absolute Gasteiger partial charge is 0.254 e. The summed E-state index contributed by atoms with van der Waals surface area (Å²) < 4.78 is 12.7. The SMILES string of the molecule is COc1ccc(C(=O)N2CCN(Cc3nc4ccccc4n3C)CC2)cc1OC. The van der Waals surface area contributed by atoms with Crippen LogP contribution in [0.4, 0.5) is 0 Å². The Kier molecular flexibility index (Phi) is 5.40. The number of fused-ring (bicyclic) bond motifs is 1. The van der Waals surface area contributed by atoms with E-state index in [2.05, 4.69) is 22.6 Å². The molecule has 0 spiro atoms. The Morgan fingerprint density at radius 3 is 2.41 bits per heavy atom. The van der Waals surface area contributed by atoms with Crippen molar-refractivity contribution in [3.63, 3.8) is 0 Å². The van der Waals surface area contributed by atoms with Gasteiger partial charge in [0.25, 0.3) is 5.91 Å². The van der Waals surface area contributed by atoms with Crippen LogP contribution < -0.4 is 9.47 Å². The minimum absolute atomic E-state index is 0.0216. The van der Waals surface area contributed by atoms with Crippen molar-refractivity contribution in [3.05, 3.63) is 53.9 Å². The van der Waals surface area contributed by atoms with Crippen molar-refractivity contribution >= 4 is 16.9 Å². The molecule has 1 amide bonds. The fourth-order valence-electron chi connectivity index (χ4n) is 3.80. The fraction of sp³-hybridized carbons (Fsp3) is 0.364. The number of amides is 1. The molecule has 1 fully saturated rings. The number of rotatable bonds is 5. The van der Waals surface area contributed by atoms with Gasteiger partial charge in [0.2, 0.25) is 0 Å². The summed E-state index contributed by atoms with van der Waals surface area (Å²) in [5.41, 5.74) is 2.78. The van der Waals surface area contributed by atoms with Crippen LogP contribution in [0.1, 0.15) is 16.2 Å². The minimum Gasteiger partial charge on any atom is -0.493 e. The first kappa shape index (κ1) is 19.3. The van der Waals surface area contributed by atoms with Crippen molar-refractivity contribution < 1.29 is 14.3 Å². The lowest BCUT2D eigenvalue weighted by Crippen LogP contribution is -2.48. The molecule has 4 rings (SSSR count). The molecule has 0 radical (unpaired) electrons. The monoisotopic (exact) mass is 394 g/mol. The predicted molar refractivity (Wildman–Crippen MR) is 111 cm³/mol. The predicted octanol–water partition coefficient (Wildman–Crippen LogP) is 2.55. The highest BCUT2D eigenvalue weighted by molar-refractivity contribution is 5.95. The number of aromatic nitrogens is 2. The first-order chi connectivity index (χ1) is 14.1. The normalized spacial score (nSPS) is 14.9. The van der Waals surface area contributed by atoms with Crippen molar-refractivity contribution in [2.24, 2.45) is 7.05 Å². The second kappa shape index (κ2) is 8.13. The molecular weight excluding hydrogens is 368 g/mol. The molecule has 0 atom stereocenters. The molecule has 2 aromatic carbocycles. The first-order valence-electron chi connectivity index (χ1n) is 9.74. The highest BCUT2D eigenvalue weighted by Gasteiger charge is 2.24. The number of para-hydroxylation sites is 2. The van der Waals surface area contributed by atoms with Gasteiger partial charge in [0, 0.05) is 38.8 Å². The molecule has 7 nitrogen and oxygen atoms in total. The number of carbonyl (C=O) groups is 1. The molecule has 29 heavy (non-hydrogen) atoms. The number of benzene rings is 2. The third kappa shape index (κ3) is 3.78. The summed E-state index contributed by atoms with van der Waals surface area (Å²) in [6, 6.07) is 13.5. The van der Waals surface area contributed by atoms with E-state index in [4.69, 9.17) is 14.5 Å². The van der Waals surface area contributed by atoms with E-state index < -0.39 is 0 Å². The van der Waals surface area contributed by atoms with Gasteiger partial charge in [0.05, 0.1) is 31.8 Å². The average Bonchev–Trinajstić information content (AvgIpc) is 3.08. The fourth-order valence-corrected chi connectivity index (χ4v) is 3.80. The van der Waals surface area contributed by atoms with E-state index in [-0.39, 0.29) is 5.91 Å². The van der Waals surface area contributed by atoms with Crippen LogP contribution in [0.2, 0.25) is 0 Å². The molecule has 1 aromatic heterocycles. The van der Waals surface area contributed by atoms with Crippen molar-refractivity contribution in [2.75, 3.05) is 40.4 Å². The second-order valence-corrected chi connectivity index (χ2v) is 7.21. The van der Waals surface area contributed by atoms with E-state index in [0.717, 1.165) is 36.5 Å². The average molecular weight is 394 g/mol. The zero-order valence-electron chi connectivity index (χ0n) is 17.1. The molecule has 0 bridgehead atoms. The van der Waals surface area contributed by atoms with E-state index in [0.29, 0.717) is 30.2 Å². The van der Waals surface area contributed by atoms with Gasteiger partial charge in [-0.1, -0.05) is 12.1 Å². The van der Waals surface area contributed by atoms with E-state index in [9.17, 15) is 4.79 Å². The maximum absolute atomic E-state index is 12.9. The van der Waals surface area contributed by atoms with Gasteiger partial charge in [-0.2, -0.15) is 0 Å². The van der Waals surface area contributed by atoms with Crippen LogP contribution in [0.25, 0.3) is 11.0 Å². The molecule has 0 aliphatic carbocycles.